The molecule has 0 amide bonds. The molecule has 0 bridgehead atoms. The molecule has 3 heterocycles. The molecule has 6 heteroatoms. The van der Waals surface area contributed by atoms with Crippen LogP contribution in [-0.4, -0.2) is 42.3 Å². The Hall–Kier alpha value is -2.18. The van der Waals surface area contributed by atoms with Crippen molar-refractivity contribution in [2.75, 3.05) is 25.1 Å². The number of rotatable bonds is 6. The number of fused-ring (bicyclic) bond motifs is 1. The highest BCUT2D eigenvalue weighted by Crippen LogP contribution is 2.25. The van der Waals surface area contributed by atoms with E-state index in [1.165, 1.54) is 4.88 Å². The highest BCUT2D eigenvalue weighted by molar-refractivity contribution is 7.09. The van der Waals surface area contributed by atoms with E-state index in [2.05, 4.69) is 34.7 Å². The van der Waals surface area contributed by atoms with Gasteiger partial charge in [-0.15, -0.1) is 11.3 Å². The summed E-state index contributed by atoms with van der Waals surface area (Å²) in [5, 5.41) is 7.02. The van der Waals surface area contributed by atoms with Gasteiger partial charge in [0.2, 0.25) is 5.95 Å². The number of aryl methyl sites for hydroxylation is 1. The fourth-order valence-electron chi connectivity index (χ4n) is 3.95. The lowest BCUT2D eigenvalue weighted by atomic mass is 10.0. The minimum atomic E-state index is 0.504. The summed E-state index contributed by atoms with van der Waals surface area (Å²) in [6.45, 7) is 6.32. The predicted octanol–water partition coefficient (Wildman–Crippen LogP) is 4.20. The molecular weight excluding hydrogens is 368 g/mol. The summed E-state index contributed by atoms with van der Waals surface area (Å²) < 4.78 is 5.33. The maximum absolute atomic E-state index is 5.33. The molecule has 0 aliphatic carbocycles. The zero-order chi connectivity index (χ0) is 19.5. The average molecular weight is 397 g/mol. The molecule has 5 nitrogen and oxygen atoms in total. The van der Waals surface area contributed by atoms with Crippen molar-refractivity contribution >= 4 is 28.2 Å². The summed E-state index contributed by atoms with van der Waals surface area (Å²) in [7, 11) is 1.69. The van der Waals surface area contributed by atoms with Gasteiger partial charge in [-0.05, 0) is 62.8 Å². The number of methoxy groups -OCH3 is 1. The molecular formula is C22H28N4OS. The Labute approximate surface area is 170 Å². The zero-order valence-electron chi connectivity index (χ0n) is 16.8. The van der Waals surface area contributed by atoms with E-state index in [0.29, 0.717) is 12.1 Å². The molecule has 1 aliphatic heterocycles. The van der Waals surface area contributed by atoms with Gasteiger partial charge in [-0.25, -0.2) is 9.97 Å². The molecule has 3 aromatic rings. The molecule has 0 spiro atoms. The summed E-state index contributed by atoms with van der Waals surface area (Å²) in [5.41, 5.74) is 1.98. The van der Waals surface area contributed by atoms with E-state index in [0.717, 1.165) is 60.6 Å². The fraction of sp³-hybridized carbons (Fsp3) is 0.455. The number of anilines is 1. The van der Waals surface area contributed by atoms with Gasteiger partial charge in [-0.2, -0.15) is 0 Å². The fourth-order valence-corrected chi connectivity index (χ4v) is 4.79. The van der Waals surface area contributed by atoms with E-state index < -0.39 is 0 Å². The van der Waals surface area contributed by atoms with Crippen molar-refractivity contribution in [3.8, 4) is 5.75 Å². The first-order valence-electron chi connectivity index (χ1n) is 9.98. The molecule has 1 atom stereocenters. The molecule has 0 saturated carbocycles. The van der Waals surface area contributed by atoms with E-state index in [1.54, 1.807) is 7.11 Å². The Kier molecular flexibility index (Phi) is 5.78. The van der Waals surface area contributed by atoms with Crippen molar-refractivity contribution in [1.82, 2.24) is 15.3 Å². The van der Waals surface area contributed by atoms with Crippen molar-refractivity contribution < 1.29 is 4.74 Å². The zero-order valence-corrected chi connectivity index (χ0v) is 17.6. The Bertz CT molecular complexity index is 920. The number of piperidine rings is 1. The summed E-state index contributed by atoms with van der Waals surface area (Å²) in [4.78, 5) is 13.4. The summed E-state index contributed by atoms with van der Waals surface area (Å²) in [5.74, 6) is 1.69. The Balaban J connectivity index is 1.38. The minimum absolute atomic E-state index is 0.504. The van der Waals surface area contributed by atoms with Crippen LogP contribution in [0.15, 0.2) is 35.7 Å². The maximum atomic E-state index is 5.33. The highest BCUT2D eigenvalue weighted by atomic mass is 32.1. The van der Waals surface area contributed by atoms with Gasteiger partial charge >= 0.3 is 0 Å². The second kappa shape index (κ2) is 8.45. The lowest BCUT2D eigenvalue weighted by Gasteiger charge is -2.34. The van der Waals surface area contributed by atoms with Gasteiger partial charge in [-0.1, -0.05) is 6.07 Å². The molecule has 1 aliphatic rings. The van der Waals surface area contributed by atoms with Gasteiger partial charge in [0.15, 0.2) is 0 Å². The van der Waals surface area contributed by atoms with E-state index in [9.17, 15) is 0 Å². The molecule has 2 aromatic heterocycles. The summed E-state index contributed by atoms with van der Waals surface area (Å²) in [6.07, 6.45) is 3.35. The van der Waals surface area contributed by atoms with Gasteiger partial charge in [0, 0.05) is 35.4 Å². The van der Waals surface area contributed by atoms with Crippen molar-refractivity contribution in [3.63, 3.8) is 0 Å². The molecule has 1 fully saturated rings. The smallest absolute Gasteiger partial charge is 0.226 e. The highest BCUT2D eigenvalue weighted by Gasteiger charge is 2.23. The number of thiophene rings is 1. The second-order valence-electron chi connectivity index (χ2n) is 7.60. The third-order valence-corrected chi connectivity index (χ3v) is 6.37. The normalized spacial score (nSPS) is 16.5. The first-order chi connectivity index (χ1) is 13.6. The largest absolute Gasteiger partial charge is 0.497 e. The molecule has 1 N–H and O–H groups in total. The van der Waals surface area contributed by atoms with Crippen LogP contribution < -0.4 is 15.0 Å². The van der Waals surface area contributed by atoms with Crippen LogP contribution in [0, 0.1) is 6.92 Å². The minimum Gasteiger partial charge on any atom is -0.497 e. The number of hydrogen-bond donors (Lipinski definition) is 1. The van der Waals surface area contributed by atoms with Gasteiger partial charge < -0.3 is 15.0 Å². The molecule has 4 rings (SSSR count). The molecule has 0 radical (unpaired) electrons. The van der Waals surface area contributed by atoms with E-state index in [4.69, 9.17) is 14.7 Å². The van der Waals surface area contributed by atoms with Crippen LogP contribution in [0.3, 0.4) is 0 Å². The Morgan fingerprint density at radius 2 is 2.07 bits per heavy atom. The van der Waals surface area contributed by atoms with Gasteiger partial charge in [0.05, 0.1) is 18.3 Å². The van der Waals surface area contributed by atoms with Crippen LogP contribution in [0.1, 0.15) is 30.3 Å². The molecule has 148 valence electrons. The number of aromatic nitrogens is 2. The topological polar surface area (TPSA) is 50.3 Å². The van der Waals surface area contributed by atoms with E-state index >= 15 is 0 Å². The first-order valence-corrected chi connectivity index (χ1v) is 10.9. The lowest BCUT2D eigenvalue weighted by Crippen LogP contribution is -2.46. The van der Waals surface area contributed by atoms with E-state index in [1.807, 2.05) is 36.5 Å². The standard InChI is InChI=1S/C22H28N4OS/c1-15(13-19-5-4-12-28-19)23-17-8-10-26(11-9-17)22-24-16(2)20-14-18(27-3)6-7-21(20)25-22/h4-7,12,14-15,17,23H,8-11,13H2,1-3H3. The van der Waals surface area contributed by atoms with Crippen LogP contribution in [0.5, 0.6) is 5.75 Å². The lowest BCUT2D eigenvalue weighted by molar-refractivity contribution is 0.374. The first kappa shape index (κ1) is 19.2. The monoisotopic (exact) mass is 396 g/mol. The Morgan fingerprint density at radius 3 is 2.79 bits per heavy atom. The van der Waals surface area contributed by atoms with Crippen molar-refractivity contribution in [3.05, 3.63) is 46.3 Å². The Morgan fingerprint density at radius 1 is 1.25 bits per heavy atom. The number of ether oxygens (including phenoxy) is 1. The third-order valence-electron chi connectivity index (χ3n) is 5.47. The number of hydrogen-bond acceptors (Lipinski definition) is 6. The quantitative estimate of drug-likeness (QED) is 0.677. The van der Waals surface area contributed by atoms with Gasteiger partial charge in [0.25, 0.3) is 0 Å². The van der Waals surface area contributed by atoms with Crippen LogP contribution in [0.2, 0.25) is 0 Å². The average Bonchev–Trinajstić information content (AvgIpc) is 3.21. The van der Waals surface area contributed by atoms with Crippen molar-refractivity contribution in [2.24, 2.45) is 0 Å². The summed E-state index contributed by atoms with van der Waals surface area (Å²) in [6, 6.07) is 11.4. The predicted molar refractivity (Wildman–Crippen MR) is 117 cm³/mol. The van der Waals surface area contributed by atoms with Gasteiger partial charge in [0.1, 0.15) is 5.75 Å². The molecule has 1 aromatic carbocycles. The molecule has 1 saturated heterocycles. The van der Waals surface area contributed by atoms with E-state index in [-0.39, 0.29) is 0 Å². The van der Waals surface area contributed by atoms with Crippen LogP contribution in [-0.2, 0) is 6.42 Å². The maximum Gasteiger partial charge on any atom is 0.226 e. The van der Waals surface area contributed by atoms with Gasteiger partial charge in [-0.3, -0.25) is 0 Å². The number of nitrogens with zero attached hydrogens (tertiary/aromatic N) is 3. The molecule has 28 heavy (non-hydrogen) atoms. The number of benzene rings is 1. The number of nitrogens with one attached hydrogen (secondary N) is 1. The SMILES string of the molecule is COc1ccc2nc(N3CCC(NC(C)Cc4cccs4)CC3)nc(C)c2c1. The third kappa shape index (κ3) is 4.28. The second-order valence-corrected chi connectivity index (χ2v) is 8.64. The molecule has 1 unspecified atom stereocenters. The summed E-state index contributed by atoms with van der Waals surface area (Å²) >= 11 is 1.84. The van der Waals surface area contributed by atoms with Crippen molar-refractivity contribution in [2.45, 2.75) is 45.2 Å². The van der Waals surface area contributed by atoms with Crippen LogP contribution in [0.25, 0.3) is 10.9 Å². The van der Waals surface area contributed by atoms with Crippen molar-refractivity contribution in [1.29, 1.82) is 0 Å². The van der Waals surface area contributed by atoms with Crippen LogP contribution >= 0.6 is 11.3 Å². The van der Waals surface area contributed by atoms with Crippen LogP contribution in [0.4, 0.5) is 5.95 Å².